The van der Waals surface area contributed by atoms with E-state index in [1.165, 1.54) is 11.1 Å². The van der Waals surface area contributed by atoms with Crippen LogP contribution in [0.25, 0.3) is 11.0 Å². The van der Waals surface area contributed by atoms with Crippen molar-refractivity contribution in [1.82, 2.24) is 9.97 Å². The highest BCUT2D eigenvalue weighted by molar-refractivity contribution is 7.94. The molecule has 0 amide bonds. The molecule has 2 aromatic rings. The first kappa shape index (κ1) is 28.2. The molecule has 1 aromatic heterocycles. The van der Waals surface area contributed by atoms with Crippen molar-refractivity contribution in [2.24, 2.45) is 5.41 Å². The van der Waals surface area contributed by atoms with Gasteiger partial charge in [0.15, 0.2) is 0 Å². The molecule has 190 valence electrons. The van der Waals surface area contributed by atoms with E-state index in [1.54, 1.807) is 0 Å². The number of carboxylic acids is 1. The molecule has 0 aliphatic heterocycles. The van der Waals surface area contributed by atoms with Gasteiger partial charge in [0.05, 0.1) is 22.9 Å². The van der Waals surface area contributed by atoms with Gasteiger partial charge in [-0.15, -0.1) is 0 Å². The molecule has 1 heterocycles. The van der Waals surface area contributed by atoms with Crippen molar-refractivity contribution in [3.05, 3.63) is 22.3 Å². The number of aromatic amines is 1. The largest absolute Gasteiger partial charge is 0.481 e. The number of aryl methyl sites for hydroxylation is 2. The van der Waals surface area contributed by atoms with Crippen LogP contribution in [0.1, 0.15) is 107 Å². The second-order valence-corrected chi connectivity index (χ2v) is 10.4. The van der Waals surface area contributed by atoms with Crippen molar-refractivity contribution in [3.8, 4) is 0 Å². The summed E-state index contributed by atoms with van der Waals surface area (Å²) in [7, 11) is 0. The molecule has 34 heavy (non-hydrogen) atoms. The first-order valence-electron chi connectivity index (χ1n) is 12.7. The minimum atomic E-state index is -0.995. The van der Waals surface area contributed by atoms with E-state index in [1.807, 2.05) is 0 Å². The van der Waals surface area contributed by atoms with Crippen LogP contribution in [0.3, 0.4) is 0 Å². The van der Waals surface area contributed by atoms with Gasteiger partial charge in [-0.25, -0.2) is 4.98 Å². The first-order chi connectivity index (χ1) is 16.2. The zero-order valence-corrected chi connectivity index (χ0v) is 22.6. The maximum Gasteiger partial charge on any atom is 0.325 e. The summed E-state index contributed by atoms with van der Waals surface area (Å²) >= 11 is 0.916. The number of carbonyl (C=O) groups excluding carboxylic acids is 1. The molecule has 0 fully saturated rings. The monoisotopic (exact) mass is 490 g/mol. The van der Waals surface area contributed by atoms with E-state index >= 15 is 0 Å². The van der Waals surface area contributed by atoms with Crippen molar-refractivity contribution in [1.29, 1.82) is 0 Å². The summed E-state index contributed by atoms with van der Waals surface area (Å²) in [5.41, 5.74) is 5.53. The lowest BCUT2D eigenvalue weighted by atomic mass is 9.75. The Morgan fingerprint density at radius 1 is 0.882 bits per heavy atom. The Labute approximate surface area is 208 Å². The van der Waals surface area contributed by atoms with Crippen LogP contribution in [-0.2, 0) is 13.8 Å². The normalized spacial score (nSPS) is 11.8. The highest BCUT2D eigenvalue weighted by Crippen LogP contribution is 2.39. The highest BCUT2D eigenvalue weighted by Gasteiger charge is 2.41. The number of aromatic nitrogens is 2. The fraction of sp³-hybridized carbons (Fsp3) is 0.667. The van der Waals surface area contributed by atoms with E-state index in [9.17, 15) is 14.7 Å². The van der Waals surface area contributed by atoms with Gasteiger partial charge >= 0.3 is 11.9 Å². The lowest BCUT2D eigenvalue weighted by molar-refractivity contribution is -0.153. The minimum Gasteiger partial charge on any atom is -0.481 e. The molecule has 7 heteroatoms. The van der Waals surface area contributed by atoms with Gasteiger partial charge in [0, 0.05) is 0 Å². The lowest BCUT2D eigenvalue weighted by Crippen LogP contribution is -2.34. The molecular formula is C27H42N2O4S. The van der Waals surface area contributed by atoms with Crippen LogP contribution < -0.4 is 0 Å². The number of nitrogens with zero attached hydrogens (tertiary/aromatic N) is 1. The minimum absolute atomic E-state index is 0.193. The summed E-state index contributed by atoms with van der Waals surface area (Å²) in [5, 5.41) is 10.2. The number of carboxylic acid groups (broad SMARTS) is 1. The average Bonchev–Trinajstić information content (AvgIpc) is 3.24. The van der Waals surface area contributed by atoms with Crippen LogP contribution in [-0.4, -0.2) is 27.0 Å². The number of carbonyl (C=O) groups is 2. The molecule has 0 aliphatic rings. The van der Waals surface area contributed by atoms with Crippen molar-refractivity contribution in [2.75, 3.05) is 0 Å². The molecule has 0 radical (unpaired) electrons. The van der Waals surface area contributed by atoms with Crippen molar-refractivity contribution >= 4 is 35.0 Å². The number of H-pyrrole nitrogens is 1. The Kier molecular flexibility index (Phi) is 10.9. The number of nitrogens with one attached hydrogen (secondary N) is 1. The number of benzene rings is 1. The highest BCUT2D eigenvalue weighted by atomic mass is 32.2. The molecule has 0 spiro atoms. The second kappa shape index (κ2) is 13.2. The second-order valence-electron chi connectivity index (χ2n) is 9.69. The van der Waals surface area contributed by atoms with Gasteiger partial charge in [-0.05, 0) is 62.8 Å². The predicted molar refractivity (Wildman–Crippen MR) is 139 cm³/mol. The Hall–Kier alpha value is -2.02. The van der Waals surface area contributed by atoms with Crippen LogP contribution in [0.5, 0.6) is 0 Å². The summed E-state index contributed by atoms with van der Waals surface area (Å²) in [6, 6.07) is 0. The molecule has 2 N–H and O–H groups in total. The molecule has 0 aliphatic carbocycles. The standard InChI is InChI=1S/C27H42N2O4S/c1-7-9-11-13-15-27(17-22(30)31,16-14-12-10-8-2)25(32)33-34-26-28-23-20(5)18(3)19(4)21(6)24(23)29-26/h7-17H2,1-6H3,(H,28,29)(H,30,31). The summed E-state index contributed by atoms with van der Waals surface area (Å²) in [6.45, 7) is 12.6. The van der Waals surface area contributed by atoms with Gasteiger partial charge in [-0.3, -0.25) is 9.59 Å². The summed E-state index contributed by atoms with van der Waals surface area (Å²) in [5.74, 6) is -1.39. The van der Waals surface area contributed by atoms with E-state index in [0.717, 1.165) is 85.6 Å². The SMILES string of the molecule is CCCCCCC(CCCCCC)(CC(=O)O)C(=O)OSc1nc2c(C)c(C)c(C)c(C)c2[nH]1. The number of unbranched alkanes of at least 4 members (excludes halogenated alkanes) is 6. The quantitative estimate of drug-likeness (QED) is 0.196. The predicted octanol–water partition coefficient (Wildman–Crippen LogP) is 7.75. The lowest BCUT2D eigenvalue weighted by Gasteiger charge is -2.29. The van der Waals surface area contributed by atoms with Crippen LogP contribution in [0, 0.1) is 33.1 Å². The third-order valence-electron chi connectivity index (χ3n) is 7.24. The van der Waals surface area contributed by atoms with Crippen LogP contribution >= 0.6 is 12.0 Å². The molecule has 0 atom stereocenters. The molecule has 1 aromatic carbocycles. The third kappa shape index (κ3) is 7.00. The zero-order chi connectivity index (χ0) is 25.3. The topological polar surface area (TPSA) is 92.3 Å². The smallest absolute Gasteiger partial charge is 0.325 e. The fourth-order valence-corrected chi connectivity index (χ4v) is 5.28. The van der Waals surface area contributed by atoms with E-state index in [0.29, 0.717) is 18.0 Å². The number of rotatable bonds is 15. The third-order valence-corrected chi connectivity index (χ3v) is 7.82. The molecule has 0 unspecified atom stereocenters. The van der Waals surface area contributed by atoms with Gasteiger partial charge in [-0.1, -0.05) is 65.2 Å². The van der Waals surface area contributed by atoms with E-state index in [2.05, 4.69) is 51.5 Å². The van der Waals surface area contributed by atoms with Crippen LogP contribution in [0.2, 0.25) is 0 Å². The number of aliphatic carboxylic acids is 1. The van der Waals surface area contributed by atoms with E-state index < -0.39 is 17.4 Å². The van der Waals surface area contributed by atoms with Gasteiger partial charge in [0.25, 0.3) is 0 Å². The van der Waals surface area contributed by atoms with Gasteiger partial charge in [0.2, 0.25) is 5.16 Å². The van der Waals surface area contributed by atoms with Gasteiger partial charge in [0.1, 0.15) is 12.0 Å². The Morgan fingerprint density at radius 2 is 1.44 bits per heavy atom. The maximum atomic E-state index is 13.4. The Bertz CT molecular complexity index is 926. The fourth-order valence-electron chi connectivity index (χ4n) is 4.67. The summed E-state index contributed by atoms with van der Waals surface area (Å²) in [4.78, 5) is 33.2. The van der Waals surface area contributed by atoms with Gasteiger partial charge < -0.3 is 14.3 Å². The molecule has 6 nitrogen and oxygen atoms in total. The molecule has 0 saturated carbocycles. The number of hydrogen-bond donors (Lipinski definition) is 2. The van der Waals surface area contributed by atoms with Crippen LogP contribution in [0.15, 0.2) is 5.16 Å². The number of imidazole rings is 1. The van der Waals surface area contributed by atoms with Crippen molar-refractivity contribution in [3.63, 3.8) is 0 Å². The van der Waals surface area contributed by atoms with E-state index in [-0.39, 0.29) is 6.42 Å². The maximum absolute atomic E-state index is 13.4. The molecule has 2 rings (SSSR count). The molecule has 0 saturated heterocycles. The number of fused-ring (bicyclic) bond motifs is 1. The summed E-state index contributed by atoms with van der Waals surface area (Å²) in [6.07, 6.45) is 8.89. The van der Waals surface area contributed by atoms with Crippen molar-refractivity contribution in [2.45, 2.75) is 117 Å². The Morgan fingerprint density at radius 3 is 1.97 bits per heavy atom. The van der Waals surface area contributed by atoms with Gasteiger partial charge in [-0.2, -0.15) is 0 Å². The zero-order valence-electron chi connectivity index (χ0n) is 21.8. The van der Waals surface area contributed by atoms with Crippen molar-refractivity contribution < 1.29 is 18.9 Å². The van der Waals surface area contributed by atoms with Crippen LogP contribution in [0.4, 0.5) is 0 Å². The molecule has 0 bridgehead atoms. The summed E-state index contributed by atoms with van der Waals surface area (Å²) < 4.78 is 5.70. The average molecular weight is 491 g/mol. The molecular weight excluding hydrogens is 448 g/mol. The number of hydrogen-bond acceptors (Lipinski definition) is 5. The Balaban J connectivity index is 2.24. The van der Waals surface area contributed by atoms with E-state index in [4.69, 9.17) is 4.18 Å². The first-order valence-corrected chi connectivity index (χ1v) is 13.5.